The van der Waals surface area contributed by atoms with Crippen molar-refractivity contribution in [2.24, 2.45) is 22.9 Å². The number of methoxy groups -OCH3 is 1. The van der Waals surface area contributed by atoms with Gasteiger partial charge in [0.2, 0.25) is 17.7 Å². The van der Waals surface area contributed by atoms with Gasteiger partial charge in [0, 0.05) is 11.3 Å². The number of nitrogens with zero attached hydrogens (tertiary/aromatic N) is 5. The second kappa shape index (κ2) is 14.7. The highest BCUT2D eigenvalue weighted by Gasteiger charge is 2.31. The van der Waals surface area contributed by atoms with Gasteiger partial charge in [-0.05, 0) is 25.7 Å². The van der Waals surface area contributed by atoms with Gasteiger partial charge < -0.3 is 33.8 Å². The van der Waals surface area contributed by atoms with E-state index in [1.807, 2.05) is 27.7 Å². The zero-order valence-electron chi connectivity index (χ0n) is 27.7. The molecule has 252 valence electrons. The number of aryl methyl sites for hydroxylation is 2. The Bertz CT molecular complexity index is 1770. The number of ether oxygens (including phenoxy) is 1. The number of rotatable bonds is 13. The van der Waals surface area contributed by atoms with Gasteiger partial charge in [-0.1, -0.05) is 53.1 Å². The number of oxime groups is 1. The standard InChI is InChI=1S/C31H39N7O8S/c1-10-15(6)22(31(41)43-9)35-26(40)23-16(7)45-28(36-23)19-12-47-30(33-19)24-17(8)46-27(37-24)18-11-44-29(32-18)21(14(4)5)34-25(39)20(38-42)13(2)3/h11-15,21-22,42H,10H2,1-9H3,(H,34,39)(H,35,40)/b38-20-/t15-,21-,22-/m0/s1. The lowest BCUT2D eigenvalue weighted by atomic mass is 9.99. The van der Waals surface area contributed by atoms with Crippen LogP contribution in [0.1, 0.15) is 81.9 Å². The zero-order valence-corrected chi connectivity index (χ0v) is 28.5. The van der Waals surface area contributed by atoms with Crippen molar-refractivity contribution < 1.29 is 37.6 Å². The number of esters is 1. The minimum Gasteiger partial charge on any atom is -0.467 e. The summed E-state index contributed by atoms with van der Waals surface area (Å²) in [6.45, 7) is 14.4. The van der Waals surface area contributed by atoms with Crippen LogP contribution in [0.25, 0.3) is 33.9 Å². The molecule has 0 saturated carbocycles. The molecule has 47 heavy (non-hydrogen) atoms. The van der Waals surface area contributed by atoms with Gasteiger partial charge in [-0.15, -0.1) is 11.3 Å². The van der Waals surface area contributed by atoms with Crippen molar-refractivity contribution in [3.8, 4) is 33.9 Å². The molecule has 15 nitrogen and oxygen atoms in total. The van der Waals surface area contributed by atoms with Gasteiger partial charge in [0.1, 0.15) is 52.0 Å². The average molecular weight is 670 g/mol. The van der Waals surface area contributed by atoms with Gasteiger partial charge in [-0.25, -0.2) is 24.7 Å². The topological polar surface area (TPSA) is 208 Å². The van der Waals surface area contributed by atoms with E-state index < -0.39 is 29.9 Å². The molecule has 0 aliphatic rings. The SMILES string of the molecule is CC[C@H](C)[C@H](NC(=O)c1nc(-c2csc(-c3nc(-c4coc([C@@H](NC(=O)/C(=N\O)C(C)C)C(C)C)n4)oc3C)n2)oc1C)C(=O)OC. The van der Waals surface area contributed by atoms with Crippen molar-refractivity contribution in [2.75, 3.05) is 7.11 Å². The van der Waals surface area contributed by atoms with Gasteiger partial charge in [-0.3, -0.25) is 9.59 Å². The average Bonchev–Trinajstić information content (AvgIpc) is 3.84. The van der Waals surface area contributed by atoms with E-state index in [1.165, 1.54) is 24.7 Å². The van der Waals surface area contributed by atoms with Crippen LogP contribution in [0, 0.1) is 31.6 Å². The van der Waals surface area contributed by atoms with Gasteiger partial charge in [0.05, 0.1) is 7.11 Å². The molecule has 0 aromatic carbocycles. The van der Waals surface area contributed by atoms with Crippen LogP contribution in [-0.4, -0.2) is 61.8 Å². The lowest BCUT2D eigenvalue weighted by Gasteiger charge is -2.21. The zero-order chi connectivity index (χ0) is 34.6. The highest BCUT2D eigenvalue weighted by Crippen LogP contribution is 2.34. The molecule has 4 rings (SSSR count). The molecular weight excluding hydrogens is 630 g/mol. The first kappa shape index (κ1) is 35.0. The van der Waals surface area contributed by atoms with E-state index in [9.17, 15) is 19.6 Å². The molecule has 0 fully saturated rings. The van der Waals surface area contributed by atoms with E-state index >= 15 is 0 Å². The van der Waals surface area contributed by atoms with Crippen molar-refractivity contribution in [3.63, 3.8) is 0 Å². The molecule has 0 unspecified atom stereocenters. The molecular formula is C31H39N7O8S. The molecule has 4 aromatic rings. The van der Waals surface area contributed by atoms with E-state index in [-0.39, 0.29) is 52.6 Å². The van der Waals surface area contributed by atoms with E-state index in [0.29, 0.717) is 34.3 Å². The first-order valence-electron chi connectivity index (χ1n) is 15.1. The Labute approximate surface area is 275 Å². The maximum absolute atomic E-state index is 13.0. The maximum Gasteiger partial charge on any atom is 0.328 e. The molecule has 3 N–H and O–H groups in total. The minimum atomic E-state index is -0.832. The third-order valence-corrected chi connectivity index (χ3v) is 8.39. The number of nitrogens with one attached hydrogen (secondary N) is 2. The summed E-state index contributed by atoms with van der Waals surface area (Å²) in [5, 5.41) is 20.2. The fourth-order valence-electron chi connectivity index (χ4n) is 4.59. The predicted octanol–water partition coefficient (Wildman–Crippen LogP) is 5.34. The Morgan fingerprint density at radius 2 is 1.66 bits per heavy atom. The fraction of sp³-hybridized carbons (Fsp3) is 0.484. The van der Waals surface area contributed by atoms with Gasteiger partial charge in [0.25, 0.3) is 11.8 Å². The Balaban J connectivity index is 1.54. The Kier molecular flexibility index (Phi) is 11.0. The van der Waals surface area contributed by atoms with Crippen molar-refractivity contribution in [1.82, 2.24) is 30.6 Å². The summed E-state index contributed by atoms with van der Waals surface area (Å²) in [5.74, 6) is -0.884. The van der Waals surface area contributed by atoms with E-state index in [2.05, 4.69) is 35.7 Å². The van der Waals surface area contributed by atoms with Crippen molar-refractivity contribution in [1.29, 1.82) is 0 Å². The van der Waals surface area contributed by atoms with E-state index in [4.69, 9.17) is 18.0 Å². The van der Waals surface area contributed by atoms with Gasteiger partial charge in [0.15, 0.2) is 11.4 Å². The fourth-order valence-corrected chi connectivity index (χ4v) is 5.42. The van der Waals surface area contributed by atoms with Crippen LogP contribution in [0.15, 0.2) is 30.1 Å². The molecule has 0 bridgehead atoms. The molecule has 0 spiro atoms. The second-order valence-electron chi connectivity index (χ2n) is 11.7. The lowest BCUT2D eigenvalue weighted by molar-refractivity contribution is -0.144. The Morgan fingerprint density at radius 3 is 2.28 bits per heavy atom. The third kappa shape index (κ3) is 7.59. The van der Waals surface area contributed by atoms with Gasteiger partial charge >= 0.3 is 5.97 Å². The number of thiazole rings is 1. The van der Waals surface area contributed by atoms with Crippen LogP contribution in [0.5, 0.6) is 0 Å². The second-order valence-corrected chi connectivity index (χ2v) is 12.5. The first-order chi connectivity index (χ1) is 22.3. The van der Waals surface area contributed by atoms with Crippen LogP contribution < -0.4 is 10.6 Å². The highest BCUT2D eigenvalue weighted by molar-refractivity contribution is 7.13. The number of hydrogen-bond acceptors (Lipinski definition) is 14. The monoisotopic (exact) mass is 669 g/mol. The molecule has 0 aliphatic carbocycles. The molecule has 3 atom stereocenters. The summed E-state index contributed by atoms with van der Waals surface area (Å²) < 4.78 is 22.2. The minimum absolute atomic E-state index is 0.00794. The van der Waals surface area contributed by atoms with E-state index in [1.54, 1.807) is 33.1 Å². The lowest BCUT2D eigenvalue weighted by Crippen LogP contribution is -2.45. The summed E-state index contributed by atoms with van der Waals surface area (Å²) >= 11 is 1.28. The Hall–Kier alpha value is -4.86. The summed E-state index contributed by atoms with van der Waals surface area (Å²) in [5.41, 5.74) is 1.19. The number of oxazole rings is 3. The molecule has 4 heterocycles. The van der Waals surface area contributed by atoms with Crippen LogP contribution in [-0.2, 0) is 14.3 Å². The number of hydrogen-bond donors (Lipinski definition) is 3. The molecule has 0 aliphatic heterocycles. The largest absolute Gasteiger partial charge is 0.467 e. The maximum atomic E-state index is 13.0. The molecule has 4 aromatic heterocycles. The molecule has 0 radical (unpaired) electrons. The number of aromatic nitrogens is 4. The molecule has 16 heteroatoms. The number of carbonyl (C=O) groups excluding carboxylic acids is 3. The van der Waals surface area contributed by atoms with Crippen LogP contribution in [0.2, 0.25) is 0 Å². The summed E-state index contributed by atoms with van der Waals surface area (Å²) in [6.07, 6.45) is 2.04. The quantitative estimate of drug-likeness (QED) is 0.0713. The van der Waals surface area contributed by atoms with E-state index in [0.717, 1.165) is 0 Å². The number of amides is 2. The van der Waals surface area contributed by atoms with Crippen molar-refractivity contribution in [2.45, 2.75) is 73.9 Å². The number of carbonyl (C=O) groups is 3. The van der Waals surface area contributed by atoms with Crippen LogP contribution in [0.4, 0.5) is 0 Å². The van der Waals surface area contributed by atoms with Crippen molar-refractivity contribution >= 4 is 34.8 Å². The summed E-state index contributed by atoms with van der Waals surface area (Å²) in [6, 6.07) is -1.44. The first-order valence-corrected chi connectivity index (χ1v) is 16.0. The predicted molar refractivity (Wildman–Crippen MR) is 171 cm³/mol. The molecule has 2 amide bonds. The summed E-state index contributed by atoms with van der Waals surface area (Å²) in [7, 11) is 1.27. The van der Waals surface area contributed by atoms with Crippen molar-refractivity contribution in [3.05, 3.63) is 34.7 Å². The molecule has 0 saturated heterocycles. The highest BCUT2D eigenvalue weighted by atomic mass is 32.1. The van der Waals surface area contributed by atoms with Crippen LogP contribution in [0.3, 0.4) is 0 Å². The van der Waals surface area contributed by atoms with Crippen LogP contribution >= 0.6 is 11.3 Å². The van der Waals surface area contributed by atoms with Gasteiger partial charge in [-0.2, -0.15) is 0 Å². The summed E-state index contributed by atoms with van der Waals surface area (Å²) in [4.78, 5) is 56.1. The Morgan fingerprint density at radius 1 is 0.979 bits per heavy atom. The normalized spacial score (nSPS) is 13.9. The smallest absolute Gasteiger partial charge is 0.328 e. The third-order valence-electron chi connectivity index (χ3n) is 7.54.